The molecule has 1 aliphatic heterocycles. The first kappa shape index (κ1) is 22.7. The Morgan fingerprint density at radius 3 is 2.34 bits per heavy atom. The fourth-order valence-corrected chi connectivity index (χ4v) is 4.44. The molecule has 0 atom stereocenters. The first-order valence-corrected chi connectivity index (χ1v) is 11.9. The van der Waals surface area contributed by atoms with Crippen molar-refractivity contribution in [3.8, 4) is 11.1 Å². The predicted molar refractivity (Wildman–Crippen MR) is 138 cm³/mol. The number of nitrogens with zero attached hydrogens (tertiary/aromatic N) is 1. The maximum atomic E-state index is 13.5. The summed E-state index contributed by atoms with van der Waals surface area (Å²) in [6.07, 6.45) is 0.747. The van der Waals surface area contributed by atoms with E-state index >= 15 is 0 Å². The molecule has 1 fully saturated rings. The highest BCUT2D eigenvalue weighted by Gasteiger charge is 2.26. The molecule has 3 amide bonds. The van der Waals surface area contributed by atoms with Crippen molar-refractivity contribution < 1.29 is 14.3 Å². The maximum absolute atomic E-state index is 13.5. The molecule has 0 saturated carbocycles. The van der Waals surface area contributed by atoms with E-state index < -0.39 is 0 Å². The number of urea groups is 1. The monoisotopic (exact) mass is 468 g/mol. The second-order valence-electron chi connectivity index (χ2n) is 8.49. The van der Waals surface area contributed by atoms with Crippen LogP contribution in [0, 0.1) is 0 Å². The number of carbonyl (C=O) groups is 2. The standard InChI is InChI=1S/C28H28N4O3/c33-27(32-16-18-35-19-17-32)26-24(21-10-5-2-6-11-21)22-12-7-13-23(25(22)31-26)30-28(34)29-15-14-20-8-3-1-4-9-20/h1-13,31H,14-19H2,(H2,29,30,34). The third-order valence-electron chi connectivity index (χ3n) is 6.20. The van der Waals surface area contributed by atoms with E-state index in [2.05, 4.69) is 15.6 Å². The molecule has 1 saturated heterocycles. The molecule has 0 radical (unpaired) electrons. The lowest BCUT2D eigenvalue weighted by Gasteiger charge is -2.26. The van der Waals surface area contributed by atoms with E-state index in [0.29, 0.717) is 44.2 Å². The van der Waals surface area contributed by atoms with Crippen molar-refractivity contribution in [2.24, 2.45) is 0 Å². The fraction of sp³-hybridized carbons (Fsp3) is 0.214. The molecule has 2 heterocycles. The topological polar surface area (TPSA) is 86.5 Å². The van der Waals surface area contributed by atoms with Crippen LogP contribution < -0.4 is 10.6 Å². The van der Waals surface area contributed by atoms with Crippen molar-refractivity contribution in [1.29, 1.82) is 0 Å². The minimum Gasteiger partial charge on any atom is -0.378 e. The van der Waals surface area contributed by atoms with Gasteiger partial charge in [0.15, 0.2) is 0 Å². The van der Waals surface area contributed by atoms with Crippen LogP contribution in [0.15, 0.2) is 78.9 Å². The number of H-pyrrole nitrogens is 1. The second-order valence-corrected chi connectivity index (χ2v) is 8.49. The lowest BCUT2D eigenvalue weighted by atomic mass is 10.0. The van der Waals surface area contributed by atoms with Crippen molar-refractivity contribution in [2.75, 3.05) is 38.2 Å². The number of para-hydroxylation sites is 1. The van der Waals surface area contributed by atoms with Gasteiger partial charge in [0, 0.05) is 30.6 Å². The van der Waals surface area contributed by atoms with Crippen molar-refractivity contribution in [2.45, 2.75) is 6.42 Å². The van der Waals surface area contributed by atoms with E-state index in [-0.39, 0.29) is 11.9 Å². The largest absolute Gasteiger partial charge is 0.378 e. The number of carbonyl (C=O) groups excluding carboxylic acids is 2. The fourth-order valence-electron chi connectivity index (χ4n) is 4.44. The average molecular weight is 469 g/mol. The van der Waals surface area contributed by atoms with Gasteiger partial charge in [0.2, 0.25) is 0 Å². The summed E-state index contributed by atoms with van der Waals surface area (Å²) < 4.78 is 5.42. The van der Waals surface area contributed by atoms with Gasteiger partial charge in [-0.2, -0.15) is 0 Å². The second kappa shape index (κ2) is 10.4. The van der Waals surface area contributed by atoms with Gasteiger partial charge >= 0.3 is 6.03 Å². The Hall–Kier alpha value is -4.10. The van der Waals surface area contributed by atoms with Crippen molar-refractivity contribution in [1.82, 2.24) is 15.2 Å². The van der Waals surface area contributed by atoms with Gasteiger partial charge in [-0.25, -0.2) is 4.79 Å². The van der Waals surface area contributed by atoms with Crippen LogP contribution in [0.2, 0.25) is 0 Å². The zero-order valence-electron chi connectivity index (χ0n) is 19.4. The lowest BCUT2D eigenvalue weighted by molar-refractivity contribution is 0.0300. The summed E-state index contributed by atoms with van der Waals surface area (Å²) in [5, 5.41) is 6.76. The summed E-state index contributed by atoms with van der Waals surface area (Å²) in [6, 6.07) is 25.3. The summed E-state index contributed by atoms with van der Waals surface area (Å²) in [4.78, 5) is 31.3. The number of benzene rings is 3. The first-order valence-electron chi connectivity index (χ1n) is 11.9. The third-order valence-corrected chi connectivity index (χ3v) is 6.20. The Bertz CT molecular complexity index is 1310. The smallest absolute Gasteiger partial charge is 0.319 e. The molecule has 7 nitrogen and oxygen atoms in total. The quantitative estimate of drug-likeness (QED) is 0.384. The molecular formula is C28H28N4O3. The van der Waals surface area contributed by atoms with Gasteiger partial charge in [0.1, 0.15) is 5.69 Å². The van der Waals surface area contributed by atoms with Crippen LogP contribution in [0.4, 0.5) is 10.5 Å². The van der Waals surface area contributed by atoms with Gasteiger partial charge < -0.3 is 25.3 Å². The van der Waals surface area contributed by atoms with Gasteiger partial charge in [-0.1, -0.05) is 72.8 Å². The molecule has 1 aliphatic rings. The molecule has 0 bridgehead atoms. The molecule has 35 heavy (non-hydrogen) atoms. The van der Waals surface area contributed by atoms with E-state index in [4.69, 9.17) is 4.74 Å². The lowest BCUT2D eigenvalue weighted by Crippen LogP contribution is -2.41. The minimum absolute atomic E-state index is 0.0679. The Morgan fingerprint density at radius 2 is 1.60 bits per heavy atom. The van der Waals surface area contributed by atoms with Crippen LogP contribution in [0.1, 0.15) is 16.1 Å². The minimum atomic E-state index is -0.287. The normalized spacial score (nSPS) is 13.5. The van der Waals surface area contributed by atoms with Crippen LogP contribution in [0.3, 0.4) is 0 Å². The highest BCUT2D eigenvalue weighted by molar-refractivity contribution is 6.13. The van der Waals surface area contributed by atoms with E-state index in [9.17, 15) is 9.59 Å². The zero-order valence-corrected chi connectivity index (χ0v) is 19.4. The van der Waals surface area contributed by atoms with Gasteiger partial charge in [-0.15, -0.1) is 0 Å². The summed E-state index contributed by atoms with van der Waals surface area (Å²) in [6.45, 7) is 2.69. The Labute approximate surface area is 204 Å². The summed E-state index contributed by atoms with van der Waals surface area (Å²) in [7, 11) is 0. The number of anilines is 1. The summed E-state index contributed by atoms with van der Waals surface area (Å²) in [5.41, 5.74) is 4.81. The molecule has 178 valence electrons. The molecule has 0 unspecified atom stereocenters. The van der Waals surface area contributed by atoms with Crippen molar-refractivity contribution in [3.63, 3.8) is 0 Å². The van der Waals surface area contributed by atoms with Gasteiger partial charge in [-0.05, 0) is 23.6 Å². The number of aromatic nitrogens is 1. The Balaban J connectivity index is 1.43. The van der Waals surface area contributed by atoms with Crippen LogP contribution in [-0.2, 0) is 11.2 Å². The summed E-state index contributed by atoms with van der Waals surface area (Å²) >= 11 is 0. The number of amides is 3. The van der Waals surface area contributed by atoms with E-state index in [1.165, 1.54) is 0 Å². The van der Waals surface area contributed by atoms with E-state index in [0.717, 1.165) is 34.0 Å². The zero-order chi connectivity index (χ0) is 24.0. The number of hydrogen-bond donors (Lipinski definition) is 3. The Kier molecular flexibility index (Phi) is 6.77. The number of ether oxygens (including phenoxy) is 1. The van der Waals surface area contributed by atoms with Crippen LogP contribution in [-0.4, -0.2) is 54.7 Å². The molecule has 3 N–H and O–H groups in total. The van der Waals surface area contributed by atoms with E-state index in [1.54, 1.807) is 0 Å². The molecule has 1 aromatic heterocycles. The predicted octanol–water partition coefficient (Wildman–Crippen LogP) is 4.67. The highest BCUT2D eigenvalue weighted by Crippen LogP contribution is 2.36. The molecule has 0 spiro atoms. The molecule has 4 aromatic rings. The Morgan fingerprint density at radius 1 is 0.886 bits per heavy atom. The van der Waals surface area contributed by atoms with Crippen LogP contribution >= 0.6 is 0 Å². The SMILES string of the molecule is O=C(NCCc1ccccc1)Nc1cccc2c(-c3ccccc3)c(C(=O)N3CCOCC3)[nH]c12. The van der Waals surface area contributed by atoms with Gasteiger partial charge in [0.05, 0.1) is 24.4 Å². The van der Waals surface area contributed by atoms with Crippen LogP contribution in [0.5, 0.6) is 0 Å². The third kappa shape index (κ3) is 5.05. The summed E-state index contributed by atoms with van der Waals surface area (Å²) in [5.74, 6) is -0.0679. The number of nitrogens with one attached hydrogen (secondary N) is 3. The average Bonchev–Trinajstić information content (AvgIpc) is 3.30. The molecule has 0 aliphatic carbocycles. The van der Waals surface area contributed by atoms with Gasteiger partial charge in [0.25, 0.3) is 5.91 Å². The number of hydrogen-bond acceptors (Lipinski definition) is 3. The van der Waals surface area contributed by atoms with Crippen molar-refractivity contribution in [3.05, 3.63) is 90.1 Å². The van der Waals surface area contributed by atoms with Gasteiger partial charge in [-0.3, -0.25) is 4.79 Å². The molecule has 5 rings (SSSR count). The number of aromatic amines is 1. The van der Waals surface area contributed by atoms with Crippen molar-refractivity contribution >= 4 is 28.5 Å². The molecule has 7 heteroatoms. The number of rotatable bonds is 6. The first-order chi connectivity index (χ1) is 17.2. The van der Waals surface area contributed by atoms with Crippen LogP contribution in [0.25, 0.3) is 22.0 Å². The molecular weight excluding hydrogens is 440 g/mol. The molecule has 3 aromatic carbocycles. The maximum Gasteiger partial charge on any atom is 0.319 e. The highest BCUT2D eigenvalue weighted by atomic mass is 16.5. The number of morpholine rings is 1. The number of fused-ring (bicyclic) bond motifs is 1. The van der Waals surface area contributed by atoms with E-state index in [1.807, 2.05) is 83.8 Å².